The van der Waals surface area contributed by atoms with Gasteiger partial charge in [0.15, 0.2) is 27.8 Å². The van der Waals surface area contributed by atoms with Gasteiger partial charge in [-0.15, -0.1) is 6.42 Å². The number of fused-ring (bicyclic) bond motifs is 1. The van der Waals surface area contributed by atoms with E-state index in [4.69, 9.17) is 42.0 Å². The largest absolute Gasteiger partial charge is 0.493 e. The molecule has 0 spiro atoms. The number of thiazole rings is 1. The van der Waals surface area contributed by atoms with E-state index in [1.165, 1.54) is 23.0 Å². The van der Waals surface area contributed by atoms with Gasteiger partial charge in [0.1, 0.15) is 6.61 Å². The Morgan fingerprint density at radius 1 is 1.09 bits per heavy atom. The molecule has 4 aromatic rings. The maximum absolute atomic E-state index is 14.2. The van der Waals surface area contributed by atoms with Crippen molar-refractivity contribution in [3.05, 3.63) is 108 Å². The minimum absolute atomic E-state index is 0.0213. The zero-order chi connectivity index (χ0) is 32.1. The molecular weight excluding hydrogens is 614 g/mol. The molecule has 5 rings (SSSR count). The molecule has 1 aliphatic heterocycles. The van der Waals surface area contributed by atoms with Crippen LogP contribution in [0.2, 0.25) is 5.02 Å². The van der Waals surface area contributed by atoms with Crippen molar-refractivity contribution < 1.29 is 23.7 Å². The molecule has 1 aromatic heterocycles. The van der Waals surface area contributed by atoms with Gasteiger partial charge in [-0.25, -0.2) is 4.99 Å². The summed E-state index contributed by atoms with van der Waals surface area (Å²) in [6, 6.07) is 17.0. The highest BCUT2D eigenvalue weighted by molar-refractivity contribution is 7.07. The summed E-state index contributed by atoms with van der Waals surface area (Å²) < 4.78 is 24.3. The number of amides is 1. The molecule has 0 fully saturated rings. The molecule has 0 saturated heterocycles. The Morgan fingerprint density at radius 3 is 2.53 bits per heavy atom. The predicted octanol–water partition coefficient (Wildman–Crippen LogP) is 4.96. The lowest BCUT2D eigenvalue weighted by molar-refractivity contribution is -0.113. The van der Waals surface area contributed by atoms with Gasteiger partial charge in [0.25, 0.3) is 11.5 Å². The fourth-order valence-electron chi connectivity index (χ4n) is 5.01. The third-order valence-electron chi connectivity index (χ3n) is 6.95. The first-order chi connectivity index (χ1) is 21.8. The average Bonchev–Trinajstić information content (AvgIpc) is 3.33. The summed E-state index contributed by atoms with van der Waals surface area (Å²) >= 11 is 7.75. The summed E-state index contributed by atoms with van der Waals surface area (Å²) in [5.41, 5.74) is 2.34. The summed E-state index contributed by atoms with van der Waals surface area (Å²) in [4.78, 5) is 33.2. The lowest BCUT2D eigenvalue weighted by Crippen LogP contribution is -2.40. The average molecular weight is 644 g/mol. The first kappa shape index (κ1) is 31.4. The smallest absolute Gasteiger partial charge is 0.271 e. The minimum Gasteiger partial charge on any atom is -0.493 e. The van der Waals surface area contributed by atoms with E-state index in [1.54, 1.807) is 62.6 Å². The Morgan fingerprint density at radius 2 is 1.84 bits per heavy atom. The number of carbonyl (C=O) groups excluding carboxylic acids is 1. The quantitative estimate of drug-likeness (QED) is 0.246. The van der Waals surface area contributed by atoms with E-state index >= 15 is 0 Å². The molecule has 1 aliphatic rings. The zero-order valence-corrected chi connectivity index (χ0v) is 26.6. The van der Waals surface area contributed by atoms with E-state index in [1.807, 2.05) is 25.1 Å². The Kier molecular flexibility index (Phi) is 9.62. The molecule has 9 nitrogen and oxygen atoms in total. The van der Waals surface area contributed by atoms with Crippen molar-refractivity contribution in [2.45, 2.75) is 19.9 Å². The molecule has 230 valence electrons. The molecule has 11 heteroatoms. The standard InChI is InChI=1S/C34H30ClN3O6S/c1-6-15-44-31-24(35)16-21(17-27(31)43-7-2)18-28-33(40)38-30(22-13-14-25(41-4)26(19-22)42-5)29(20(3)36-34(38)45-28)32(39)37-23-11-9-8-10-12-23/h1,8-14,16-19,30H,7,15H2,2-5H3,(H,37,39)/b28-18-/t30-/m1/s1. The molecule has 1 atom stereocenters. The number of hydrogen-bond donors (Lipinski definition) is 1. The van der Waals surface area contributed by atoms with Crippen molar-refractivity contribution in [3.63, 3.8) is 0 Å². The number of nitrogens with one attached hydrogen (secondary N) is 1. The molecule has 3 aromatic carbocycles. The Hall–Kier alpha value is -4.98. The van der Waals surface area contributed by atoms with Crippen LogP contribution in [0.15, 0.2) is 81.7 Å². The lowest BCUT2D eigenvalue weighted by atomic mass is 9.94. The van der Waals surface area contributed by atoms with Crippen LogP contribution in [0.3, 0.4) is 0 Å². The highest BCUT2D eigenvalue weighted by atomic mass is 35.5. The van der Waals surface area contributed by atoms with Crippen molar-refractivity contribution in [3.8, 4) is 35.3 Å². The van der Waals surface area contributed by atoms with Crippen LogP contribution >= 0.6 is 22.9 Å². The second-order valence-corrected chi connectivity index (χ2v) is 11.2. The Bertz CT molecular complexity index is 2010. The Balaban J connectivity index is 1.68. The van der Waals surface area contributed by atoms with Gasteiger partial charge < -0.3 is 24.3 Å². The van der Waals surface area contributed by atoms with Gasteiger partial charge in [-0.3, -0.25) is 14.2 Å². The third kappa shape index (κ3) is 6.45. The van der Waals surface area contributed by atoms with Gasteiger partial charge in [-0.2, -0.15) is 0 Å². The van der Waals surface area contributed by atoms with Gasteiger partial charge in [-0.1, -0.05) is 53.1 Å². The summed E-state index contributed by atoms with van der Waals surface area (Å²) in [6.07, 6.45) is 7.06. The molecule has 0 saturated carbocycles. The lowest BCUT2D eigenvalue weighted by Gasteiger charge is -2.26. The topological polar surface area (TPSA) is 100 Å². The number of benzene rings is 3. The van der Waals surface area contributed by atoms with Gasteiger partial charge in [0, 0.05) is 5.69 Å². The number of aromatic nitrogens is 1. The number of nitrogens with zero attached hydrogens (tertiary/aromatic N) is 2. The van der Waals surface area contributed by atoms with Crippen molar-refractivity contribution in [1.29, 1.82) is 0 Å². The number of hydrogen-bond acceptors (Lipinski definition) is 8. The fourth-order valence-corrected chi connectivity index (χ4v) is 6.33. The van der Waals surface area contributed by atoms with Crippen LogP contribution < -0.4 is 39.2 Å². The molecule has 0 bridgehead atoms. The van der Waals surface area contributed by atoms with Gasteiger partial charge in [-0.05, 0) is 67.4 Å². The minimum atomic E-state index is -0.811. The van der Waals surface area contributed by atoms with E-state index in [-0.39, 0.29) is 23.1 Å². The molecular formula is C34H30ClN3O6S. The van der Waals surface area contributed by atoms with E-state index in [2.05, 4.69) is 11.2 Å². The molecule has 1 amide bonds. The van der Waals surface area contributed by atoms with E-state index in [0.29, 0.717) is 67.0 Å². The SMILES string of the molecule is C#CCOc1c(Cl)cc(/C=c2\sc3n(c2=O)[C@H](c2ccc(OC)c(OC)c2)C(C(=O)Nc2ccccc2)=C(C)N=3)cc1OCC. The van der Waals surface area contributed by atoms with Gasteiger partial charge in [0.05, 0.1) is 47.7 Å². The molecule has 0 radical (unpaired) electrons. The zero-order valence-electron chi connectivity index (χ0n) is 25.0. The number of methoxy groups -OCH3 is 2. The van der Waals surface area contributed by atoms with Gasteiger partial charge in [0.2, 0.25) is 0 Å². The van der Waals surface area contributed by atoms with Crippen LogP contribution in [0.1, 0.15) is 31.0 Å². The number of terminal acetylenes is 1. The monoisotopic (exact) mass is 643 g/mol. The number of rotatable bonds is 10. The molecule has 0 aliphatic carbocycles. The van der Waals surface area contributed by atoms with Crippen LogP contribution in [0.25, 0.3) is 6.08 Å². The van der Waals surface area contributed by atoms with Crippen molar-refractivity contribution in [2.75, 3.05) is 32.8 Å². The maximum atomic E-state index is 14.2. The summed E-state index contributed by atoms with van der Waals surface area (Å²) in [6.45, 7) is 3.99. The highest BCUT2D eigenvalue weighted by Gasteiger charge is 2.33. The molecule has 0 unspecified atom stereocenters. The number of carbonyl (C=O) groups is 1. The van der Waals surface area contributed by atoms with Gasteiger partial charge >= 0.3 is 0 Å². The molecule has 2 heterocycles. The predicted molar refractivity (Wildman–Crippen MR) is 175 cm³/mol. The second-order valence-electron chi connectivity index (χ2n) is 9.77. The first-order valence-corrected chi connectivity index (χ1v) is 15.1. The van der Waals surface area contributed by atoms with Crippen LogP contribution in [0.4, 0.5) is 5.69 Å². The maximum Gasteiger partial charge on any atom is 0.271 e. The first-order valence-electron chi connectivity index (χ1n) is 13.9. The van der Waals surface area contributed by atoms with E-state index < -0.39 is 6.04 Å². The number of ether oxygens (including phenoxy) is 4. The van der Waals surface area contributed by atoms with Crippen molar-refractivity contribution in [2.24, 2.45) is 4.99 Å². The van der Waals surface area contributed by atoms with Crippen LogP contribution in [0, 0.1) is 12.3 Å². The molecule has 1 N–H and O–H groups in total. The Labute approximate surface area is 269 Å². The number of anilines is 1. The van der Waals surface area contributed by atoms with Crippen LogP contribution in [-0.2, 0) is 4.79 Å². The summed E-state index contributed by atoms with van der Waals surface area (Å²) in [5, 5.41) is 3.24. The fraction of sp³-hybridized carbons (Fsp3) is 0.206. The van der Waals surface area contributed by atoms with E-state index in [0.717, 1.165) is 0 Å². The van der Waals surface area contributed by atoms with Crippen LogP contribution in [-0.4, -0.2) is 37.9 Å². The second kappa shape index (κ2) is 13.8. The van der Waals surface area contributed by atoms with Crippen LogP contribution in [0.5, 0.6) is 23.0 Å². The molecule has 45 heavy (non-hydrogen) atoms. The highest BCUT2D eigenvalue weighted by Crippen LogP contribution is 2.38. The van der Waals surface area contributed by atoms with Crippen molar-refractivity contribution >= 4 is 40.6 Å². The summed E-state index contributed by atoms with van der Waals surface area (Å²) in [7, 11) is 3.07. The third-order valence-corrected chi connectivity index (χ3v) is 8.21. The number of para-hydroxylation sites is 1. The number of allylic oxidation sites excluding steroid dienone is 1. The van der Waals surface area contributed by atoms with E-state index in [9.17, 15) is 9.59 Å². The normalized spacial score (nSPS) is 14.2. The number of halogens is 1. The summed E-state index contributed by atoms with van der Waals surface area (Å²) in [5.74, 6) is 3.74. The van der Waals surface area contributed by atoms with Crippen molar-refractivity contribution in [1.82, 2.24) is 4.57 Å².